The monoisotopic (exact) mass is 1150 g/mol. The molecule has 0 bridgehead atoms. The molecule has 34 nitrogen and oxygen atoms in total. The van der Waals surface area contributed by atoms with Crippen molar-refractivity contribution in [1.29, 1.82) is 0 Å². The molecule has 0 aliphatic carbocycles. The van der Waals surface area contributed by atoms with E-state index in [2.05, 4.69) is 36.9 Å². The number of aliphatic carboxylic acids is 6. The summed E-state index contributed by atoms with van der Waals surface area (Å²) in [5, 5.41) is 74.6. The molecule has 1 aliphatic rings. The minimum absolute atomic E-state index is 0.0295. The second kappa shape index (κ2) is 33.6. The fourth-order valence-electron chi connectivity index (χ4n) is 7.72. The van der Waals surface area contributed by atoms with Gasteiger partial charge in [-0.2, -0.15) is 0 Å². The van der Waals surface area contributed by atoms with Gasteiger partial charge in [0.1, 0.15) is 24.2 Å². The molecule has 1 aromatic carbocycles. The first-order valence-electron chi connectivity index (χ1n) is 24.5. The molecular formula is C47H64N12O22. The first-order valence-corrected chi connectivity index (χ1v) is 24.5. The van der Waals surface area contributed by atoms with Crippen LogP contribution < -0.4 is 59.7 Å². The number of nitrogens with two attached hydrogens (primary N) is 3. The van der Waals surface area contributed by atoms with Crippen LogP contribution in [0.3, 0.4) is 0 Å². The quantitative estimate of drug-likeness (QED) is 0.0181. The molecule has 0 aromatic heterocycles. The zero-order valence-corrected chi connectivity index (χ0v) is 43.1. The topological polar surface area (TPSA) is 581 Å². The Bertz CT molecular complexity index is 2580. The summed E-state index contributed by atoms with van der Waals surface area (Å²) in [4.78, 5) is 209. The predicted octanol–water partition coefficient (Wildman–Crippen LogP) is -6.85. The minimum Gasteiger partial charge on any atom is -0.481 e. The van der Waals surface area contributed by atoms with Crippen molar-refractivity contribution in [3.05, 3.63) is 35.9 Å². The van der Waals surface area contributed by atoms with E-state index in [0.29, 0.717) is 5.56 Å². The second-order valence-corrected chi connectivity index (χ2v) is 18.3. The Kier molecular flexibility index (Phi) is 28.0. The molecule has 0 spiro atoms. The van der Waals surface area contributed by atoms with Crippen molar-refractivity contribution in [3.63, 3.8) is 0 Å². The highest BCUT2D eigenvalue weighted by molar-refractivity contribution is 6.01. The van der Waals surface area contributed by atoms with Crippen molar-refractivity contribution in [2.75, 3.05) is 19.6 Å². The van der Waals surface area contributed by atoms with Crippen LogP contribution in [-0.4, -0.2) is 193 Å². The number of rotatable bonds is 32. The van der Waals surface area contributed by atoms with E-state index in [1.54, 1.807) is 30.3 Å². The summed E-state index contributed by atoms with van der Waals surface area (Å²) >= 11 is 0. The zero-order chi connectivity index (χ0) is 61.1. The molecule has 1 heterocycles. The van der Waals surface area contributed by atoms with Crippen molar-refractivity contribution in [3.8, 4) is 0 Å². The lowest BCUT2D eigenvalue weighted by Crippen LogP contribution is -2.58. The van der Waals surface area contributed by atoms with E-state index in [-0.39, 0.29) is 31.8 Å². The third-order valence-electron chi connectivity index (χ3n) is 11.7. The Morgan fingerprint density at radius 2 is 1.01 bits per heavy atom. The largest absolute Gasteiger partial charge is 0.481 e. The third kappa shape index (κ3) is 26.1. The Balaban J connectivity index is 2.51. The number of aliphatic imine (C=N–C) groups is 1. The molecule has 8 amide bonds. The number of amides is 8. The number of carbonyl (C=O) groups excluding carboxylic acids is 10. The van der Waals surface area contributed by atoms with Gasteiger partial charge in [-0.15, -0.1) is 0 Å². The smallest absolute Gasteiger partial charge is 0.305 e. The van der Waals surface area contributed by atoms with E-state index >= 15 is 0 Å². The number of Topliss-reactive ketones (excluding diaryl/α,β-unsaturated/α-hetero) is 2. The molecule has 0 radical (unpaired) electrons. The molecule has 2 rings (SSSR count). The van der Waals surface area contributed by atoms with Gasteiger partial charge in [-0.05, 0) is 24.8 Å². The standard InChI is InChI=1S/C47H64N12O22/c48-24(16-36(67)68)42(77)58-28(18-38(71)72)32(61)13-23(15-35(65)66)41(76)57-27(17-37(69)70)31(60)12-22(14-34(63)64)40(75)51-10-8-26-44(79)55-25(7-4-9-52-47(49)50)43(78)53-20-33(62)54-30(19-39(73)74)46(81)59-29(45(80)56-26)11-21-5-2-1-3-6-21/h1-3,5-6,22-30H,4,7-20,48H2,(H,51,75)(H,53,78)(H,54,62)(H,55,79)(H,56,80)(H,57,76)(H,58,77)(H,59,81)(H,63,64)(H,65,66)(H,67,68)(H,69,70)(H,71,72)(H,73,74)(H4,49,50,52)/t22-,23-,24-,25?,26?,27-,28-,29+,30-/m0/s1. The molecule has 9 atom stereocenters. The van der Waals surface area contributed by atoms with E-state index in [9.17, 15) is 102 Å². The van der Waals surface area contributed by atoms with Crippen LogP contribution in [0.2, 0.25) is 0 Å². The first-order chi connectivity index (χ1) is 37.9. The van der Waals surface area contributed by atoms with Crippen LogP contribution in [0, 0.1) is 11.8 Å². The van der Waals surface area contributed by atoms with Gasteiger partial charge in [0.2, 0.25) is 47.3 Å². The lowest BCUT2D eigenvalue weighted by Gasteiger charge is -2.26. The van der Waals surface area contributed by atoms with Crippen molar-refractivity contribution < 1.29 is 107 Å². The second-order valence-electron chi connectivity index (χ2n) is 18.3. The van der Waals surface area contributed by atoms with Crippen LogP contribution in [-0.2, 0) is 83.1 Å². The predicted molar refractivity (Wildman–Crippen MR) is 270 cm³/mol. The SMILES string of the molecule is NC(N)=NCCCC1NC(=O)C(CCNC(=O)[C@H](CC(=O)O)CC(=O)[C@H](CC(=O)O)NC(=O)[C@H](CC(=O)O)CC(=O)[C@H](CC(=O)O)NC(=O)[C@@H](N)CC(=O)O)NC(=O)[C@@H](Cc2ccccc2)NC(=O)[C@H](CC(=O)O)NC(=O)CNC1=O. The number of benzene rings is 1. The molecule has 2 unspecified atom stereocenters. The van der Waals surface area contributed by atoms with Crippen molar-refractivity contribution in [1.82, 2.24) is 42.5 Å². The van der Waals surface area contributed by atoms with Gasteiger partial charge >= 0.3 is 35.8 Å². The molecule has 20 N–H and O–H groups in total. The molecule has 1 fully saturated rings. The average Bonchev–Trinajstić information content (AvgIpc) is 3.36. The highest BCUT2D eigenvalue weighted by Gasteiger charge is 2.37. The normalized spacial score (nSPS) is 18.7. The van der Waals surface area contributed by atoms with Gasteiger partial charge in [0.25, 0.3) is 0 Å². The number of hydrogen-bond acceptors (Lipinski definition) is 18. The summed E-state index contributed by atoms with van der Waals surface area (Å²) in [6, 6.07) is -4.72. The number of hydrogen-bond donors (Lipinski definition) is 17. The molecule has 0 saturated carbocycles. The fourth-order valence-corrected chi connectivity index (χ4v) is 7.72. The third-order valence-corrected chi connectivity index (χ3v) is 11.7. The Labute approximate surface area is 458 Å². The van der Waals surface area contributed by atoms with Gasteiger partial charge in [-0.3, -0.25) is 81.7 Å². The van der Waals surface area contributed by atoms with E-state index in [1.165, 1.54) is 0 Å². The van der Waals surface area contributed by atoms with Gasteiger partial charge in [0.15, 0.2) is 17.5 Å². The Morgan fingerprint density at radius 1 is 0.543 bits per heavy atom. The number of carbonyl (C=O) groups is 16. The fraction of sp³-hybridized carbons (Fsp3) is 0.511. The number of ketones is 2. The number of carboxylic acid groups (broad SMARTS) is 6. The summed E-state index contributed by atoms with van der Waals surface area (Å²) in [7, 11) is 0. The van der Waals surface area contributed by atoms with Gasteiger partial charge in [-0.25, -0.2) is 0 Å². The van der Waals surface area contributed by atoms with Crippen LogP contribution in [0.15, 0.2) is 35.3 Å². The molecule has 1 aromatic rings. The van der Waals surface area contributed by atoms with Crippen molar-refractivity contribution in [2.45, 2.75) is 119 Å². The van der Waals surface area contributed by atoms with Crippen LogP contribution in [0.1, 0.15) is 76.2 Å². The van der Waals surface area contributed by atoms with E-state index < -0.39 is 220 Å². The summed E-state index contributed by atoms with van der Waals surface area (Å²) in [6.07, 6.45) is -10.2. The van der Waals surface area contributed by atoms with Gasteiger partial charge < -0.3 is 90.4 Å². The average molecular weight is 1150 g/mol. The van der Waals surface area contributed by atoms with E-state index in [1.807, 2.05) is 10.6 Å². The Morgan fingerprint density at radius 3 is 1.52 bits per heavy atom. The van der Waals surface area contributed by atoms with E-state index in [4.69, 9.17) is 22.3 Å². The van der Waals surface area contributed by atoms with Gasteiger partial charge in [-0.1, -0.05) is 30.3 Å². The molecule has 1 aliphatic heterocycles. The van der Waals surface area contributed by atoms with E-state index in [0.717, 1.165) is 0 Å². The van der Waals surface area contributed by atoms with Crippen LogP contribution in [0.25, 0.3) is 0 Å². The number of nitrogens with one attached hydrogen (secondary N) is 8. The molecule has 1 saturated heterocycles. The van der Waals surface area contributed by atoms with Crippen LogP contribution in [0.4, 0.5) is 0 Å². The van der Waals surface area contributed by atoms with Gasteiger partial charge in [0.05, 0.1) is 75.0 Å². The summed E-state index contributed by atoms with van der Waals surface area (Å²) < 4.78 is 0. The summed E-state index contributed by atoms with van der Waals surface area (Å²) in [6.45, 7) is -1.56. The lowest BCUT2D eigenvalue weighted by atomic mass is 9.91. The number of guanidine groups is 1. The first kappa shape index (κ1) is 67.5. The lowest BCUT2D eigenvalue weighted by molar-refractivity contribution is -0.145. The Hall–Kier alpha value is -9.63. The highest BCUT2D eigenvalue weighted by Crippen LogP contribution is 2.18. The molecular weight excluding hydrogens is 1080 g/mol. The molecule has 34 heteroatoms. The summed E-state index contributed by atoms with van der Waals surface area (Å²) in [5.74, 6) is -26.3. The number of carboxylic acids is 6. The maximum absolute atomic E-state index is 14.1. The summed E-state index contributed by atoms with van der Waals surface area (Å²) in [5.41, 5.74) is 16.7. The van der Waals surface area contributed by atoms with Crippen LogP contribution in [0.5, 0.6) is 0 Å². The van der Waals surface area contributed by atoms with Crippen molar-refractivity contribution in [2.24, 2.45) is 34.0 Å². The molecule has 444 valence electrons. The zero-order valence-electron chi connectivity index (χ0n) is 43.1. The minimum atomic E-state index is -2.16. The number of nitrogens with zero attached hydrogens (tertiary/aromatic N) is 1. The molecule has 81 heavy (non-hydrogen) atoms. The highest BCUT2D eigenvalue weighted by atomic mass is 16.4. The van der Waals surface area contributed by atoms with Crippen LogP contribution >= 0.6 is 0 Å². The van der Waals surface area contributed by atoms with Crippen molar-refractivity contribution >= 4 is 101 Å². The maximum atomic E-state index is 14.1. The van der Waals surface area contributed by atoms with Gasteiger partial charge in [0, 0.05) is 32.4 Å². The maximum Gasteiger partial charge on any atom is 0.305 e.